The van der Waals surface area contributed by atoms with Crippen molar-refractivity contribution in [2.75, 3.05) is 6.61 Å². The van der Waals surface area contributed by atoms with Gasteiger partial charge in [-0.2, -0.15) is 8.78 Å². The van der Waals surface area contributed by atoms with Crippen LogP contribution in [0.25, 0.3) is 0 Å². The van der Waals surface area contributed by atoms with E-state index in [1.54, 1.807) is 6.92 Å². The quantitative estimate of drug-likeness (QED) is 0.558. The summed E-state index contributed by atoms with van der Waals surface area (Å²) in [6.07, 6.45) is 0.296. The third-order valence-electron chi connectivity index (χ3n) is 3.50. The molecule has 4 nitrogen and oxygen atoms in total. The van der Waals surface area contributed by atoms with Crippen molar-refractivity contribution in [2.45, 2.75) is 30.0 Å². The topological polar surface area (TPSA) is 55.4 Å². The standard InChI is InChI=1S/C19H19F2NO3S/c1-2-25-18(24)16(12-13-6-4-3-5-7-13)22-17(23)14-8-10-15(11-9-14)26-19(20)21/h3-11,16,19H,2,12H2,1H3,(H,22,23). The first kappa shape index (κ1) is 19.9. The van der Waals surface area contributed by atoms with Gasteiger partial charge in [-0.1, -0.05) is 42.1 Å². The van der Waals surface area contributed by atoms with Crippen LogP contribution in [0.15, 0.2) is 59.5 Å². The van der Waals surface area contributed by atoms with Crippen LogP contribution in [-0.4, -0.2) is 30.3 Å². The molecule has 0 saturated heterocycles. The van der Waals surface area contributed by atoms with E-state index in [1.165, 1.54) is 24.3 Å². The highest BCUT2D eigenvalue weighted by atomic mass is 32.2. The maximum absolute atomic E-state index is 12.4. The summed E-state index contributed by atoms with van der Waals surface area (Å²) in [5.74, 6) is -3.50. The number of halogens is 2. The Morgan fingerprint density at radius 1 is 1.08 bits per heavy atom. The lowest BCUT2D eigenvalue weighted by molar-refractivity contribution is -0.145. The molecule has 0 aromatic heterocycles. The first-order valence-corrected chi connectivity index (χ1v) is 8.94. The Morgan fingerprint density at radius 2 is 1.73 bits per heavy atom. The first-order valence-electron chi connectivity index (χ1n) is 8.06. The zero-order chi connectivity index (χ0) is 18.9. The molecule has 2 aromatic carbocycles. The molecule has 0 radical (unpaired) electrons. The summed E-state index contributed by atoms with van der Waals surface area (Å²) in [7, 11) is 0. The van der Waals surface area contributed by atoms with Crippen molar-refractivity contribution < 1.29 is 23.1 Å². The summed E-state index contributed by atoms with van der Waals surface area (Å²) >= 11 is 0.407. The number of hydrogen-bond donors (Lipinski definition) is 1. The lowest BCUT2D eigenvalue weighted by Gasteiger charge is -2.17. The number of ether oxygens (including phenoxy) is 1. The molecule has 0 fully saturated rings. The Kier molecular flexibility index (Phi) is 7.59. The van der Waals surface area contributed by atoms with E-state index < -0.39 is 23.7 Å². The number of thioether (sulfide) groups is 1. The molecule has 2 aromatic rings. The normalized spacial score (nSPS) is 11.8. The highest BCUT2D eigenvalue weighted by Crippen LogP contribution is 2.25. The summed E-state index contributed by atoms with van der Waals surface area (Å²) in [6, 6.07) is 14.2. The summed E-state index contributed by atoms with van der Waals surface area (Å²) in [5.41, 5.74) is 1.17. The second-order valence-electron chi connectivity index (χ2n) is 5.37. The predicted molar refractivity (Wildman–Crippen MR) is 96.3 cm³/mol. The van der Waals surface area contributed by atoms with Gasteiger partial charge in [-0.15, -0.1) is 0 Å². The van der Waals surface area contributed by atoms with Crippen LogP contribution in [0.1, 0.15) is 22.8 Å². The van der Waals surface area contributed by atoms with Gasteiger partial charge in [0.2, 0.25) is 0 Å². The van der Waals surface area contributed by atoms with Gasteiger partial charge >= 0.3 is 5.97 Å². The number of esters is 1. The number of benzene rings is 2. The summed E-state index contributed by atoms with van der Waals surface area (Å²) in [6.45, 7) is 1.90. The smallest absolute Gasteiger partial charge is 0.328 e. The van der Waals surface area contributed by atoms with Gasteiger partial charge in [0.1, 0.15) is 6.04 Å². The Morgan fingerprint density at radius 3 is 2.31 bits per heavy atom. The van der Waals surface area contributed by atoms with Crippen LogP contribution in [0.4, 0.5) is 8.78 Å². The Bertz CT molecular complexity index is 723. The lowest BCUT2D eigenvalue weighted by Crippen LogP contribution is -2.43. The minimum atomic E-state index is -2.52. The number of amides is 1. The largest absolute Gasteiger partial charge is 0.464 e. The molecule has 7 heteroatoms. The lowest BCUT2D eigenvalue weighted by atomic mass is 10.1. The van der Waals surface area contributed by atoms with Gasteiger partial charge in [0.25, 0.3) is 11.7 Å². The molecule has 0 spiro atoms. The van der Waals surface area contributed by atoms with E-state index in [0.29, 0.717) is 23.1 Å². The van der Waals surface area contributed by atoms with Crippen molar-refractivity contribution in [1.29, 1.82) is 0 Å². The first-order chi connectivity index (χ1) is 12.5. The molecule has 138 valence electrons. The third-order valence-corrected chi connectivity index (χ3v) is 4.22. The molecule has 1 atom stereocenters. The SMILES string of the molecule is CCOC(=O)C(Cc1ccccc1)NC(=O)c1ccc(SC(F)F)cc1. The van der Waals surface area contributed by atoms with E-state index in [9.17, 15) is 18.4 Å². The second-order valence-corrected chi connectivity index (χ2v) is 6.43. The molecule has 26 heavy (non-hydrogen) atoms. The molecular formula is C19H19F2NO3S. The average Bonchev–Trinajstić information content (AvgIpc) is 2.62. The fourth-order valence-corrected chi connectivity index (χ4v) is 2.81. The molecular weight excluding hydrogens is 360 g/mol. The van der Waals surface area contributed by atoms with Crippen molar-refractivity contribution in [3.8, 4) is 0 Å². The molecule has 0 aliphatic heterocycles. The number of hydrogen-bond acceptors (Lipinski definition) is 4. The van der Waals surface area contributed by atoms with Crippen LogP contribution in [0.2, 0.25) is 0 Å². The van der Waals surface area contributed by atoms with Gasteiger partial charge < -0.3 is 10.1 Å². The molecule has 1 N–H and O–H groups in total. The number of alkyl halides is 2. The van der Waals surface area contributed by atoms with E-state index in [1.807, 2.05) is 30.3 Å². The predicted octanol–water partition coefficient (Wildman–Crippen LogP) is 3.91. The molecule has 0 aliphatic carbocycles. The Hall–Kier alpha value is -2.41. The third kappa shape index (κ3) is 6.15. The zero-order valence-electron chi connectivity index (χ0n) is 14.2. The summed E-state index contributed by atoms with van der Waals surface area (Å²) < 4.78 is 29.7. The maximum atomic E-state index is 12.4. The zero-order valence-corrected chi connectivity index (χ0v) is 15.0. The van der Waals surface area contributed by atoms with Crippen LogP contribution in [0.3, 0.4) is 0 Å². The van der Waals surface area contributed by atoms with E-state index in [4.69, 9.17) is 4.74 Å². The van der Waals surface area contributed by atoms with Crippen LogP contribution >= 0.6 is 11.8 Å². The average molecular weight is 379 g/mol. The van der Waals surface area contributed by atoms with Crippen molar-refractivity contribution in [3.05, 3.63) is 65.7 Å². The number of carbonyl (C=O) groups is 2. The monoisotopic (exact) mass is 379 g/mol. The molecule has 0 heterocycles. The van der Waals surface area contributed by atoms with Gasteiger partial charge in [-0.05, 0) is 36.8 Å². The fourth-order valence-electron chi connectivity index (χ4n) is 2.32. The highest BCUT2D eigenvalue weighted by Gasteiger charge is 2.23. The summed E-state index contributed by atoms with van der Waals surface area (Å²) in [5, 5.41) is 2.66. The second kappa shape index (κ2) is 9.91. The van der Waals surface area contributed by atoms with Gasteiger partial charge in [0, 0.05) is 16.9 Å². The van der Waals surface area contributed by atoms with Crippen molar-refractivity contribution in [1.82, 2.24) is 5.32 Å². The number of carbonyl (C=O) groups excluding carboxylic acids is 2. The van der Waals surface area contributed by atoms with Crippen LogP contribution in [-0.2, 0) is 16.0 Å². The highest BCUT2D eigenvalue weighted by molar-refractivity contribution is 7.99. The molecule has 1 unspecified atom stereocenters. The van der Waals surface area contributed by atoms with Gasteiger partial charge in [0.15, 0.2) is 0 Å². The van der Waals surface area contributed by atoms with Crippen LogP contribution in [0.5, 0.6) is 0 Å². The van der Waals surface area contributed by atoms with Gasteiger partial charge in [0.05, 0.1) is 6.61 Å². The Balaban J connectivity index is 2.08. The van der Waals surface area contributed by atoms with Gasteiger partial charge in [-0.3, -0.25) is 4.79 Å². The summed E-state index contributed by atoms with van der Waals surface area (Å²) in [4.78, 5) is 24.9. The minimum Gasteiger partial charge on any atom is -0.464 e. The molecule has 0 bridgehead atoms. The van der Waals surface area contributed by atoms with E-state index in [-0.39, 0.29) is 12.2 Å². The minimum absolute atomic E-state index is 0.208. The van der Waals surface area contributed by atoms with E-state index in [2.05, 4.69) is 5.32 Å². The van der Waals surface area contributed by atoms with Crippen LogP contribution in [0, 0.1) is 0 Å². The van der Waals surface area contributed by atoms with E-state index >= 15 is 0 Å². The fraction of sp³-hybridized carbons (Fsp3) is 0.263. The molecule has 0 aliphatic rings. The van der Waals surface area contributed by atoms with Crippen molar-refractivity contribution in [3.63, 3.8) is 0 Å². The van der Waals surface area contributed by atoms with Crippen LogP contribution < -0.4 is 5.32 Å². The Labute approximate surface area is 154 Å². The molecule has 1 amide bonds. The van der Waals surface area contributed by atoms with Gasteiger partial charge in [-0.25, -0.2) is 4.79 Å². The van der Waals surface area contributed by atoms with Crippen molar-refractivity contribution in [2.24, 2.45) is 0 Å². The van der Waals surface area contributed by atoms with E-state index in [0.717, 1.165) is 5.56 Å². The number of nitrogens with one attached hydrogen (secondary N) is 1. The van der Waals surface area contributed by atoms with Crippen molar-refractivity contribution >= 4 is 23.6 Å². The molecule has 2 rings (SSSR count). The molecule has 0 saturated carbocycles. The maximum Gasteiger partial charge on any atom is 0.328 e. The number of rotatable bonds is 8.